The third-order valence-electron chi connectivity index (χ3n) is 5.63. The van der Waals surface area contributed by atoms with Crippen molar-refractivity contribution in [3.05, 3.63) is 66.3 Å². The summed E-state index contributed by atoms with van der Waals surface area (Å²) in [6.07, 6.45) is 5.58. The zero-order valence-corrected chi connectivity index (χ0v) is 15.2. The van der Waals surface area contributed by atoms with Crippen LogP contribution in [0.25, 0.3) is 27.6 Å². The van der Waals surface area contributed by atoms with E-state index in [1.54, 1.807) is 0 Å². The molecule has 0 bridgehead atoms. The molecule has 0 aliphatic heterocycles. The molecule has 2 aromatic heterocycles. The molecule has 0 saturated carbocycles. The fraction of sp³-hybridized carbons (Fsp3) is 0.273. The van der Waals surface area contributed by atoms with Gasteiger partial charge in [0.15, 0.2) is 0 Å². The Morgan fingerprint density at radius 1 is 0.846 bits per heavy atom. The number of aromatic nitrogens is 4. The Kier molecular flexibility index (Phi) is 3.45. The van der Waals surface area contributed by atoms with Crippen LogP contribution in [0.3, 0.4) is 0 Å². The van der Waals surface area contributed by atoms with Crippen molar-refractivity contribution in [3.63, 3.8) is 0 Å². The maximum absolute atomic E-state index is 4.94. The van der Waals surface area contributed by atoms with E-state index in [1.165, 1.54) is 22.4 Å². The number of hydrogen-bond acceptors (Lipinski definition) is 2. The number of para-hydroxylation sites is 4. The molecule has 0 spiro atoms. The van der Waals surface area contributed by atoms with Crippen LogP contribution in [-0.2, 0) is 14.1 Å². The minimum Gasteiger partial charge on any atom is -0.331 e. The van der Waals surface area contributed by atoms with E-state index in [-0.39, 0.29) is 0 Å². The minimum absolute atomic E-state index is 0.437. The van der Waals surface area contributed by atoms with Crippen molar-refractivity contribution >= 4 is 27.6 Å². The second-order valence-corrected chi connectivity index (χ2v) is 7.21. The van der Waals surface area contributed by atoms with Crippen LogP contribution >= 0.6 is 0 Å². The molecule has 4 aromatic rings. The fourth-order valence-electron chi connectivity index (χ4n) is 4.27. The van der Waals surface area contributed by atoms with Gasteiger partial charge in [0.05, 0.1) is 22.1 Å². The van der Waals surface area contributed by atoms with Gasteiger partial charge in [0.2, 0.25) is 0 Å². The number of nitrogens with zero attached hydrogens (tertiary/aromatic N) is 4. The molecule has 0 saturated heterocycles. The standard InChI is InChI=1S/C22H22N4/c1-25-19-12-5-3-10-17(19)23-21(25)15-8-7-9-16(14-15)22-24-18-11-4-6-13-20(18)26(22)2/h3-6,8,10-13,16H,7,9,14H2,1-2H3. The number of fused-ring (bicyclic) bond motifs is 2. The van der Waals surface area contributed by atoms with E-state index in [4.69, 9.17) is 9.97 Å². The van der Waals surface area contributed by atoms with Gasteiger partial charge in [-0.15, -0.1) is 0 Å². The van der Waals surface area contributed by atoms with Gasteiger partial charge < -0.3 is 9.13 Å². The highest BCUT2D eigenvalue weighted by molar-refractivity contribution is 5.80. The number of rotatable bonds is 2. The monoisotopic (exact) mass is 342 g/mol. The third kappa shape index (κ3) is 2.29. The molecule has 0 amide bonds. The average molecular weight is 342 g/mol. The number of allylic oxidation sites excluding steroid dienone is 2. The summed E-state index contributed by atoms with van der Waals surface area (Å²) in [7, 11) is 4.25. The first-order valence-corrected chi connectivity index (χ1v) is 9.24. The van der Waals surface area contributed by atoms with Gasteiger partial charge in [-0.3, -0.25) is 0 Å². The van der Waals surface area contributed by atoms with E-state index in [0.29, 0.717) is 5.92 Å². The normalized spacial score (nSPS) is 17.8. The lowest BCUT2D eigenvalue weighted by Gasteiger charge is -2.22. The van der Waals surface area contributed by atoms with Crippen LogP contribution < -0.4 is 0 Å². The Balaban J connectivity index is 1.53. The van der Waals surface area contributed by atoms with Crippen molar-refractivity contribution < 1.29 is 0 Å². The lowest BCUT2D eigenvalue weighted by atomic mass is 9.87. The van der Waals surface area contributed by atoms with E-state index < -0.39 is 0 Å². The molecule has 0 fully saturated rings. The molecule has 1 aliphatic rings. The Labute approximate surface area is 152 Å². The predicted molar refractivity (Wildman–Crippen MR) is 106 cm³/mol. The molecule has 26 heavy (non-hydrogen) atoms. The molecule has 1 unspecified atom stereocenters. The summed E-state index contributed by atoms with van der Waals surface area (Å²) >= 11 is 0. The van der Waals surface area contributed by atoms with Gasteiger partial charge in [0.1, 0.15) is 11.6 Å². The first-order chi connectivity index (χ1) is 12.7. The molecule has 130 valence electrons. The van der Waals surface area contributed by atoms with Gasteiger partial charge in [-0.1, -0.05) is 30.3 Å². The van der Waals surface area contributed by atoms with Crippen molar-refractivity contribution in [1.82, 2.24) is 19.1 Å². The highest BCUT2D eigenvalue weighted by atomic mass is 15.1. The van der Waals surface area contributed by atoms with Crippen molar-refractivity contribution in [3.8, 4) is 0 Å². The fourth-order valence-corrected chi connectivity index (χ4v) is 4.27. The minimum atomic E-state index is 0.437. The van der Waals surface area contributed by atoms with Gasteiger partial charge in [0.25, 0.3) is 0 Å². The summed E-state index contributed by atoms with van der Waals surface area (Å²) < 4.78 is 4.48. The second-order valence-electron chi connectivity index (χ2n) is 7.21. The van der Waals surface area contributed by atoms with Gasteiger partial charge in [-0.25, -0.2) is 9.97 Å². The van der Waals surface area contributed by atoms with Gasteiger partial charge in [-0.2, -0.15) is 0 Å². The van der Waals surface area contributed by atoms with E-state index in [1.807, 2.05) is 0 Å². The number of imidazole rings is 2. The molecule has 5 rings (SSSR count). The topological polar surface area (TPSA) is 35.6 Å². The Morgan fingerprint density at radius 3 is 2.19 bits per heavy atom. The molecule has 1 atom stereocenters. The summed E-state index contributed by atoms with van der Waals surface area (Å²) in [5.74, 6) is 2.72. The molecule has 1 aliphatic carbocycles. The van der Waals surface area contributed by atoms with E-state index in [0.717, 1.165) is 36.1 Å². The lowest BCUT2D eigenvalue weighted by Crippen LogP contribution is -2.12. The van der Waals surface area contributed by atoms with Crippen molar-refractivity contribution in [2.75, 3.05) is 0 Å². The zero-order chi connectivity index (χ0) is 17.7. The maximum atomic E-state index is 4.94. The summed E-state index contributed by atoms with van der Waals surface area (Å²) in [5.41, 5.74) is 5.89. The van der Waals surface area contributed by atoms with Crippen molar-refractivity contribution in [1.29, 1.82) is 0 Å². The van der Waals surface area contributed by atoms with Crippen LogP contribution in [0.2, 0.25) is 0 Å². The summed E-state index contributed by atoms with van der Waals surface area (Å²) in [4.78, 5) is 9.83. The molecule has 4 nitrogen and oxygen atoms in total. The Bertz CT molecular complexity index is 1150. The van der Waals surface area contributed by atoms with E-state index >= 15 is 0 Å². The number of hydrogen-bond donors (Lipinski definition) is 0. The quantitative estimate of drug-likeness (QED) is 0.524. The van der Waals surface area contributed by atoms with Crippen LogP contribution in [0.15, 0.2) is 54.6 Å². The molecule has 2 aromatic carbocycles. The van der Waals surface area contributed by atoms with E-state index in [9.17, 15) is 0 Å². The van der Waals surface area contributed by atoms with Crippen LogP contribution in [-0.4, -0.2) is 19.1 Å². The molecular weight excluding hydrogens is 320 g/mol. The summed E-state index contributed by atoms with van der Waals surface area (Å²) in [6, 6.07) is 16.7. The van der Waals surface area contributed by atoms with Gasteiger partial charge in [0, 0.05) is 20.0 Å². The Hall–Kier alpha value is -2.88. The summed E-state index contributed by atoms with van der Waals surface area (Å²) in [5, 5.41) is 0. The molecule has 0 N–H and O–H groups in total. The van der Waals surface area contributed by atoms with Gasteiger partial charge >= 0.3 is 0 Å². The first kappa shape index (κ1) is 15.4. The largest absolute Gasteiger partial charge is 0.331 e. The molecular formula is C22H22N4. The highest BCUT2D eigenvalue weighted by Crippen LogP contribution is 2.37. The molecule has 4 heteroatoms. The SMILES string of the molecule is Cn1c(C2=CCCC(c3nc4ccccc4n3C)C2)nc2ccccc21. The average Bonchev–Trinajstić information content (AvgIpc) is 3.20. The van der Waals surface area contributed by atoms with Crippen molar-refractivity contribution in [2.24, 2.45) is 14.1 Å². The maximum Gasteiger partial charge on any atom is 0.136 e. The summed E-state index contributed by atoms with van der Waals surface area (Å²) in [6.45, 7) is 0. The lowest BCUT2D eigenvalue weighted by molar-refractivity contribution is 0.571. The Morgan fingerprint density at radius 2 is 1.50 bits per heavy atom. The van der Waals surface area contributed by atoms with Crippen LogP contribution in [0.1, 0.15) is 36.8 Å². The zero-order valence-electron chi connectivity index (χ0n) is 15.2. The van der Waals surface area contributed by atoms with Crippen LogP contribution in [0.5, 0.6) is 0 Å². The van der Waals surface area contributed by atoms with Crippen LogP contribution in [0.4, 0.5) is 0 Å². The smallest absolute Gasteiger partial charge is 0.136 e. The number of benzene rings is 2. The van der Waals surface area contributed by atoms with Crippen molar-refractivity contribution in [2.45, 2.75) is 25.2 Å². The molecule has 0 radical (unpaired) electrons. The molecule has 2 heterocycles. The van der Waals surface area contributed by atoms with E-state index in [2.05, 4.69) is 77.8 Å². The van der Waals surface area contributed by atoms with Gasteiger partial charge in [-0.05, 0) is 49.1 Å². The third-order valence-corrected chi connectivity index (χ3v) is 5.63. The predicted octanol–water partition coefficient (Wildman–Crippen LogP) is 4.81. The highest BCUT2D eigenvalue weighted by Gasteiger charge is 2.25. The first-order valence-electron chi connectivity index (χ1n) is 9.24. The van der Waals surface area contributed by atoms with Crippen LogP contribution in [0, 0.1) is 0 Å². The second kappa shape index (κ2) is 5.84. The number of aryl methyl sites for hydroxylation is 2.